The lowest BCUT2D eigenvalue weighted by molar-refractivity contribution is 0.201. The topological polar surface area (TPSA) is 58.7 Å². The Labute approximate surface area is 90.3 Å². The van der Waals surface area contributed by atoms with Crippen molar-refractivity contribution in [1.29, 1.82) is 0 Å². The van der Waals surface area contributed by atoms with Crippen LogP contribution in [0, 0.1) is 0 Å². The summed E-state index contributed by atoms with van der Waals surface area (Å²) in [5.41, 5.74) is 7.42. The number of hydrogen-bond donors (Lipinski definition) is 2. The molecule has 0 aliphatic carbocycles. The van der Waals surface area contributed by atoms with Crippen LogP contribution in [0.5, 0.6) is 5.75 Å². The molecule has 0 saturated heterocycles. The minimum atomic E-state index is -0.378. The van der Waals surface area contributed by atoms with Crippen LogP contribution in [-0.2, 0) is 0 Å². The van der Waals surface area contributed by atoms with Crippen LogP contribution in [0.3, 0.4) is 0 Å². The van der Waals surface area contributed by atoms with E-state index in [9.17, 15) is 5.11 Å². The average Bonchev–Trinajstić information content (AvgIpc) is 2.16. The number of rotatable bonds is 4. The van der Waals surface area contributed by atoms with Gasteiger partial charge in [0.25, 0.3) is 0 Å². The summed E-state index contributed by atoms with van der Waals surface area (Å²) in [4.78, 5) is 1.92. The molecular formula is C11H18N2O2. The first-order valence-corrected chi connectivity index (χ1v) is 4.87. The predicted molar refractivity (Wildman–Crippen MR) is 62.4 cm³/mol. The highest BCUT2D eigenvalue weighted by Gasteiger charge is 2.08. The third-order valence-corrected chi connectivity index (χ3v) is 2.18. The highest BCUT2D eigenvalue weighted by molar-refractivity contribution is 5.69. The Morgan fingerprint density at radius 2 is 2.20 bits per heavy atom. The molecule has 1 unspecified atom stereocenters. The number of nitrogens with zero attached hydrogens (tertiary/aromatic N) is 1. The molecule has 0 aliphatic heterocycles. The van der Waals surface area contributed by atoms with Gasteiger partial charge < -0.3 is 20.5 Å². The summed E-state index contributed by atoms with van der Waals surface area (Å²) in [6.07, 6.45) is -0.378. The molecule has 0 saturated carbocycles. The van der Waals surface area contributed by atoms with E-state index in [0.717, 1.165) is 11.4 Å². The predicted octanol–water partition coefficient (Wildman–Crippen LogP) is 1.09. The van der Waals surface area contributed by atoms with Crippen molar-refractivity contribution >= 4 is 11.4 Å². The van der Waals surface area contributed by atoms with Crippen molar-refractivity contribution in [2.75, 3.05) is 31.3 Å². The summed E-state index contributed by atoms with van der Waals surface area (Å²) < 4.78 is 5.06. The fraction of sp³-hybridized carbons (Fsp3) is 0.455. The van der Waals surface area contributed by atoms with Gasteiger partial charge in [0.2, 0.25) is 0 Å². The number of nitrogen functional groups attached to an aromatic ring is 1. The van der Waals surface area contributed by atoms with E-state index in [0.29, 0.717) is 12.2 Å². The Bertz CT molecular complexity index is 326. The Balaban J connectivity index is 2.85. The lowest BCUT2D eigenvalue weighted by atomic mass is 10.2. The molecule has 84 valence electrons. The van der Waals surface area contributed by atoms with Gasteiger partial charge in [0.1, 0.15) is 5.75 Å². The zero-order chi connectivity index (χ0) is 11.4. The molecule has 1 aromatic rings. The number of hydrogen-bond acceptors (Lipinski definition) is 4. The molecular weight excluding hydrogens is 192 g/mol. The number of benzene rings is 1. The lowest BCUT2D eigenvalue weighted by Gasteiger charge is -2.22. The first-order chi connectivity index (χ1) is 7.04. The van der Waals surface area contributed by atoms with Crippen molar-refractivity contribution in [3.63, 3.8) is 0 Å². The Morgan fingerprint density at radius 1 is 1.53 bits per heavy atom. The van der Waals surface area contributed by atoms with Gasteiger partial charge >= 0.3 is 0 Å². The van der Waals surface area contributed by atoms with Crippen LogP contribution in [-0.4, -0.2) is 31.9 Å². The van der Waals surface area contributed by atoms with Gasteiger partial charge in [0.15, 0.2) is 0 Å². The highest BCUT2D eigenvalue weighted by Crippen LogP contribution is 2.26. The summed E-state index contributed by atoms with van der Waals surface area (Å²) in [5.74, 6) is 0.738. The molecule has 4 heteroatoms. The molecule has 0 bridgehead atoms. The third-order valence-electron chi connectivity index (χ3n) is 2.18. The second-order valence-electron chi connectivity index (χ2n) is 3.65. The standard InChI is InChI=1S/C11H18N2O2/c1-8(14)7-13(2)11-5-4-9(15-3)6-10(11)12/h4-6,8,14H,7,12H2,1-3H3. The van der Waals surface area contributed by atoms with Crippen molar-refractivity contribution in [3.05, 3.63) is 18.2 Å². The fourth-order valence-corrected chi connectivity index (χ4v) is 1.50. The molecule has 0 spiro atoms. The van der Waals surface area contributed by atoms with E-state index in [-0.39, 0.29) is 6.10 Å². The van der Waals surface area contributed by atoms with Crippen molar-refractivity contribution in [1.82, 2.24) is 0 Å². The van der Waals surface area contributed by atoms with Gasteiger partial charge in [-0.2, -0.15) is 0 Å². The Kier molecular flexibility index (Phi) is 3.80. The molecule has 0 amide bonds. The maximum Gasteiger partial charge on any atom is 0.121 e. The van der Waals surface area contributed by atoms with Crippen molar-refractivity contribution in [2.45, 2.75) is 13.0 Å². The summed E-state index contributed by atoms with van der Waals surface area (Å²) in [6, 6.07) is 5.51. The van der Waals surface area contributed by atoms with E-state index in [4.69, 9.17) is 10.5 Å². The zero-order valence-electron chi connectivity index (χ0n) is 9.40. The number of aliphatic hydroxyl groups excluding tert-OH is 1. The molecule has 0 fully saturated rings. The summed E-state index contributed by atoms with van der Waals surface area (Å²) in [6.45, 7) is 2.30. The van der Waals surface area contributed by atoms with E-state index in [1.165, 1.54) is 0 Å². The largest absolute Gasteiger partial charge is 0.497 e. The number of anilines is 2. The van der Waals surface area contributed by atoms with Crippen LogP contribution in [0.25, 0.3) is 0 Å². The van der Waals surface area contributed by atoms with E-state index in [1.54, 1.807) is 20.1 Å². The molecule has 3 N–H and O–H groups in total. The van der Waals surface area contributed by atoms with Gasteiger partial charge in [0.05, 0.1) is 24.6 Å². The summed E-state index contributed by atoms with van der Waals surface area (Å²) in [5, 5.41) is 9.27. The van der Waals surface area contributed by atoms with Gasteiger partial charge in [-0.3, -0.25) is 0 Å². The van der Waals surface area contributed by atoms with Crippen LogP contribution in [0.4, 0.5) is 11.4 Å². The normalized spacial score (nSPS) is 12.3. The molecule has 1 rings (SSSR count). The fourth-order valence-electron chi connectivity index (χ4n) is 1.50. The van der Waals surface area contributed by atoms with Gasteiger partial charge in [-0.05, 0) is 19.1 Å². The monoisotopic (exact) mass is 210 g/mol. The zero-order valence-corrected chi connectivity index (χ0v) is 9.40. The lowest BCUT2D eigenvalue weighted by Crippen LogP contribution is -2.27. The molecule has 15 heavy (non-hydrogen) atoms. The number of ether oxygens (including phenoxy) is 1. The van der Waals surface area contributed by atoms with Gasteiger partial charge in [0, 0.05) is 19.7 Å². The number of likely N-dealkylation sites (N-methyl/N-ethyl adjacent to an activating group) is 1. The van der Waals surface area contributed by atoms with Gasteiger partial charge in [-0.25, -0.2) is 0 Å². The number of aliphatic hydroxyl groups is 1. The minimum Gasteiger partial charge on any atom is -0.497 e. The number of methoxy groups -OCH3 is 1. The molecule has 0 aromatic heterocycles. The smallest absolute Gasteiger partial charge is 0.121 e. The van der Waals surface area contributed by atoms with Crippen LogP contribution in [0.2, 0.25) is 0 Å². The van der Waals surface area contributed by atoms with Crippen molar-refractivity contribution in [3.8, 4) is 5.75 Å². The van der Waals surface area contributed by atoms with Gasteiger partial charge in [-0.15, -0.1) is 0 Å². The molecule has 4 nitrogen and oxygen atoms in total. The van der Waals surface area contributed by atoms with Crippen LogP contribution in [0.1, 0.15) is 6.92 Å². The summed E-state index contributed by atoms with van der Waals surface area (Å²) in [7, 11) is 3.50. The number of nitrogens with two attached hydrogens (primary N) is 1. The van der Waals surface area contributed by atoms with Crippen LogP contribution >= 0.6 is 0 Å². The molecule has 0 aliphatic rings. The SMILES string of the molecule is COc1ccc(N(C)CC(C)O)c(N)c1. The van der Waals surface area contributed by atoms with E-state index >= 15 is 0 Å². The Morgan fingerprint density at radius 3 is 2.67 bits per heavy atom. The first-order valence-electron chi connectivity index (χ1n) is 4.87. The maximum absolute atomic E-state index is 9.27. The Hall–Kier alpha value is -1.42. The van der Waals surface area contributed by atoms with Crippen LogP contribution in [0.15, 0.2) is 18.2 Å². The quantitative estimate of drug-likeness (QED) is 0.730. The van der Waals surface area contributed by atoms with E-state index in [1.807, 2.05) is 24.1 Å². The third kappa shape index (κ3) is 3.02. The maximum atomic E-state index is 9.27. The van der Waals surface area contributed by atoms with Crippen LogP contribution < -0.4 is 15.4 Å². The molecule has 0 heterocycles. The minimum absolute atomic E-state index is 0.378. The van der Waals surface area contributed by atoms with E-state index in [2.05, 4.69) is 0 Å². The average molecular weight is 210 g/mol. The summed E-state index contributed by atoms with van der Waals surface area (Å²) >= 11 is 0. The van der Waals surface area contributed by atoms with Crippen molar-refractivity contribution in [2.24, 2.45) is 0 Å². The second-order valence-corrected chi connectivity index (χ2v) is 3.65. The molecule has 1 atom stereocenters. The van der Waals surface area contributed by atoms with E-state index < -0.39 is 0 Å². The molecule has 0 radical (unpaired) electrons. The van der Waals surface area contributed by atoms with Gasteiger partial charge in [-0.1, -0.05) is 0 Å². The molecule has 1 aromatic carbocycles. The highest BCUT2D eigenvalue weighted by atomic mass is 16.5. The first kappa shape index (κ1) is 11.7. The van der Waals surface area contributed by atoms with Crippen molar-refractivity contribution < 1.29 is 9.84 Å². The second kappa shape index (κ2) is 4.89.